The van der Waals surface area contributed by atoms with Crippen LogP contribution in [0.15, 0.2) is 36.4 Å². The Labute approximate surface area is 110 Å². The third-order valence-corrected chi connectivity index (χ3v) is 2.75. The van der Waals surface area contributed by atoms with Crippen molar-refractivity contribution in [2.45, 2.75) is 20.8 Å². The summed E-state index contributed by atoms with van der Waals surface area (Å²) in [7, 11) is 1.71. The molecule has 0 N–H and O–H groups in total. The van der Waals surface area contributed by atoms with Gasteiger partial charge < -0.3 is 9.47 Å². The van der Waals surface area contributed by atoms with Crippen molar-refractivity contribution in [3.8, 4) is 0 Å². The van der Waals surface area contributed by atoms with Crippen molar-refractivity contribution in [3.63, 3.8) is 0 Å². The number of ether oxygens (including phenoxy) is 2. The number of methoxy groups -OCH3 is 1. The van der Waals surface area contributed by atoms with Crippen LogP contribution in [0.25, 0.3) is 11.3 Å². The lowest BCUT2D eigenvalue weighted by Crippen LogP contribution is -1.95. The number of rotatable bonds is 6. The zero-order valence-corrected chi connectivity index (χ0v) is 11.7. The molecule has 0 unspecified atom stereocenters. The Bertz CT molecular complexity index is 372. The van der Waals surface area contributed by atoms with Crippen molar-refractivity contribution in [2.75, 3.05) is 20.3 Å². The average molecular weight is 246 g/mol. The maximum absolute atomic E-state index is 5.57. The fraction of sp³-hybridized carbons (Fsp3) is 0.375. The van der Waals surface area contributed by atoms with Gasteiger partial charge in [0.25, 0.3) is 0 Å². The highest BCUT2D eigenvalue weighted by atomic mass is 16.5. The minimum Gasteiger partial charge on any atom is -0.494 e. The summed E-state index contributed by atoms with van der Waals surface area (Å²) in [5.74, 6) is 0.929. The van der Waals surface area contributed by atoms with Gasteiger partial charge in [0.05, 0.1) is 13.2 Å². The lowest BCUT2D eigenvalue weighted by atomic mass is 10.0. The highest BCUT2D eigenvalue weighted by molar-refractivity contribution is 5.69. The predicted molar refractivity (Wildman–Crippen MR) is 77.2 cm³/mol. The van der Waals surface area contributed by atoms with Gasteiger partial charge in [-0.1, -0.05) is 30.3 Å². The fourth-order valence-corrected chi connectivity index (χ4v) is 1.83. The number of hydrogen-bond donors (Lipinski definition) is 0. The van der Waals surface area contributed by atoms with Gasteiger partial charge >= 0.3 is 0 Å². The first-order valence-electron chi connectivity index (χ1n) is 6.30. The van der Waals surface area contributed by atoms with Gasteiger partial charge in [0.15, 0.2) is 0 Å². The van der Waals surface area contributed by atoms with E-state index in [2.05, 4.69) is 30.3 Å². The van der Waals surface area contributed by atoms with E-state index >= 15 is 0 Å². The Morgan fingerprint density at radius 1 is 1.06 bits per heavy atom. The Hall–Kier alpha value is -1.54. The van der Waals surface area contributed by atoms with Gasteiger partial charge in [-0.05, 0) is 38.0 Å². The summed E-state index contributed by atoms with van der Waals surface area (Å²) in [6, 6.07) is 8.37. The highest BCUT2D eigenvalue weighted by Crippen LogP contribution is 2.20. The van der Waals surface area contributed by atoms with Crippen LogP contribution in [-0.2, 0) is 9.47 Å². The van der Waals surface area contributed by atoms with Gasteiger partial charge in [-0.2, -0.15) is 0 Å². The van der Waals surface area contributed by atoms with Crippen LogP contribution in [0.1, 0.15) is 31.9 Å². The third kappa shape index (κ3) is 3.74. The van der Waals surface area contributed by atoms with Crippen LogP contribution in [0.4, 0.5) is 0 Å². The molecule has 0 aliphatic carbocycles. The van der Waals surface area contributed by atoms with Gasteiger partial charge in [0.2, 0.25) is 0 Å². The number of hydrogen-bond acceptors (Lipinski definition) is 2. The van der Waals surface area contributed by atoms with Gasteiger partial charge in [0.1, 0.15) is 5.76 Å². The molecular weight excluding hydrogens is 224 g/mol. The summed E-state index contributed by atoms with van der Waals surface area (Å²) >= 11 is 0. The first-order chi connectivity index (χ1) is 8.76. The maximum atomic E-state index is 5.57. The molecule has 0 amide bonds. The zero-order chi connectivity index (χ0) is 13.4. The lowest BCUT2D eigenvalue weighted by Gasteiger charge is -2.10. The largest absolute Gasteiger partial charge is 0.494 e. The zero-order valence-electron chi connectivity index (χ0n) is 11.7. The monoisotopic (exact) mass is 246 g/mol. The third-order valence-electron chi connectivity index (χ3n) is 2.75. The van der Waals surface area contributed by atoms with Gasteiger partial charge in [0, 0.05) is 12.7 Å². The molecule has 0 atom stereocenters. The summed E-state index contributed by atoms with van der Waals surface area (Å²) < 4.78 is 10.8. The van der Waals surface area contributed by atoms with E-state index in [4.69, 9.17) is 9.47 Å². The smallest absolute Gasteiger partial charge is 0.122 e. The molecule has 0 radical (unpaired) electrons. The van der Waals surface area contributed by atoms with E-state index in [1.807, 2.05) is 26.8 Å². The van der Waals surface area contributed by atoms with Crippen molar-refractivity contribution >= 4 is 11.3 Å². The summed E-state index contributed by atoms with van der Waals surface area (Å²) in [6.07, 6.45) is 4.07. The molecule has 0 heterocycles. The first-order valence-corrected chi connectivity index (χ1v) is 6.30. The molecule has 1 aromatic rings. The van der Waals surface area contributed by atoms with Crippen molar-refractivity contribution in [3.05, 3.63) is 47.5 Å². The number of allylic oxidation sites excluding steroid dienone is 2. The summed E-state index contributed by atoms with van der Waals surface area (Å²) in [4.78, 5) is 0. The minimum absolute atomic E-state index is 0.637. The summed E-state index contributed by atoms with van der Waals surface area (Å²) in [5, 5.41) is 0. The number of benzene rings is 1. The lowest BCUT2D eigenvalue weighted by molar-refractivity contribution is 0.239. The molecule has 1 aromatic carbocycles. The molecule has 0 aliphatic rings. The molecule has 0 saturated heterocycles. The summed E-state index contributed by atoms with van der Waals surface area (Å²) in [6.45, 7) is 7.33. The van der Waals surface area contributed by atoms with E-state index in [0.29, 0.717) is 13.2 Å². The Morgan fingerprint density at radius 2 is 1.67 bits per heavy atom. The van der Waals surface area contributed by atoms with Gasteiger partial charge in [-0.25, -0.2) is 0 Å². The van der Waals surface area contributed by atoms with Crippen LogP contribution in [0.5, 0.6) is 0 Å². The molecule has 98 valence electrons. The van der Waals surface area contributed by atoms with Crippen LogP contribution in [0.3, 0.4) is 0 Å². The molecule has 2 nitrogen and oxygen atoms in total. The second-order valence-corrected chi connectivity index (χ2v) is 3.91. The summed E-state index contributed by atoms with van der Waals surface area (Å²) in [5.41, 5.74) is 3.49. The van der Waals surface area contributed by atoms with Gasteiger partial charge in [-0.3, -0.25) is 0 Å². The van der Waals surface area contributed by atoms with Crippen molar-refractivity contribution in [2.24, 2.45) is 0 Å². The van der Waals surface area contributed by atoms with E-state index in [1.165, 1.54) is 11.1 Å². The normalized spacial score (nSPS) is 12.7. The molecule has 0 spiro atoms. The molecule has 0 aromatic heterocycles. The Morgan fingerprint density at radius 3 is 2.11 bits per heavy atom. The van der Waals surface area contributed by atoms with Crippen LogP contribution >= 0.6 is 0 Å². The molecule has 1 rings (SSSR count). The van der Waals surface area contributed by atoms with Crippen molar-refractivity contribution in [1.82, 2.24) is 0 Å². The molecule has 0 bridgehead atoms. The van der Waals surface area contributed by atoms with Crippen molar-refractivity contribution in [1.29, 1.82) is 0 Å². The van der Waals surface area contributed by atoms with Crippen molar-refractivity contribution < 1.29 is 9.47 Å². The highest BCUT2D eigenvalue weighted by Gasteiger charge is 2.03. The standard InChI is InChI=1S/C16H22O2/c1-5-13(12-17-4)14-8-10-15(11-9-14)16(6-2)18-7-3/h5-6,8-11H,7,12H2,1-4H3/b13-5+,16-6-. The molecule has 18 heavy (non-hydrogen) atoms. The minimum atomic E-state index is 0.637. The quantitative estimate of drug-likeness (QED) is 0.702. The SMILES string of the molecule is C/C=C(\COC)c1ccc(/C(=C/C)OCC)cc1. The topological polar surface area (TPSA) is 18.5 Å². The van der Waals surface area contributed by atoms with Crippen LogP contribution in [-0.4, -0.2) is 20.3 Å². The van der Waals surface area contributed by atoms with Gasteiger partial charge in [-0.15, -0.1) is 0 Å². The average Bonchev–Trinajstić information content (AvgIpc) is 2.42. The first kappa shape index (κ1) is 14.5. The van der Waals surface area contributed by atoms with E-state index in [9.17, 15) is 0 Å². The van der Waals surface area contributed by atoms with Crippen LogP contribution in [0, 0.1) is 0 Å². The van der Waals surface area contributed by atoms with Crippen LogP contribution in [0.2, 0.25) is 0 Å². The second-order valence-electron chi connectivity index (χ2n) is 3.91. The molecule has 0 fully saturated rings. The molecule has 0 saturated carbocycles. The molecular formula is C16H22O2. The Balaban J connectivity index is 2.91. The molecule has 2 heteroatoms. The molecule has 0 aliphatic heterocycles. The van der Waals surface area contributed by atoms with E-state index in [0.717, 1.165) is 11.3 Å². The van der Waals surface area contributed by atoms with E-state index in [-0.39, 0.29) is 0 Å². The predicted octanol–water partition coefficient (Wildman–Crippen LogP) is 4.13. The Kier molecular flexibility index (Phi) is 6.23. The second kappa shape index (κ2) is 7.72. The van der Waals surface area contributed by atoms with E-state index < -0.39 is 0 Å². The fourth-order valence-electron chi connectivity index (χ4n) is 1.83. The van der Waals surface area contributed by atoms with E-state index in [1.54, 1.807) is 7.11 Å². The van der Waals surface area contributed by atoms with Crippen LogP contribution < -0.4 is 0 Å². The maximum Gasteiger partial charge on any atom is 0.122 e.